The highest BCUT2D eigenvalue weighted by atomic mass is 79.9. The molecule has 98 valence electrons. The van der Waals surface area contributed by atoms with Crippen molar-refractivity contribution >= 4 is 21.9 Å². The number of ether oxygens (including phenoxy) is 1. The molecule has 0 heterocycles. The number of carboxylic acid groups (broad SMARTS) is 1. The van der Waals surface area contributed by atoms with Gasteiger partial charge in [-0.3, -0.25) is 0 Å². The lowest BCUT2D eigenvalue weighted by atomic mass is 10.2. The van der Waals surface area contributed by atoms with Gasteiger partial charge in [0.15, 0.2) is 5.82 Å². The van der Waals surface area contributed by atoms with Crippen LogP contribution in [0.2, 0.25) is 0 Å². The predicted molar refractivity (Wildman–Crippen MR) is 71.8 cm³/mol. The monoisotopic (exact) mass is 324 g/mol. The lowest BCUT2D eigenvalue weighted by Crippen LogP contribution is -2.03. The van der Waals surface area contributed by atoms with Crippen molar-refractivity contribution in [2.45, 2.75) is 6.61 Å². The van der Waals surface area contributed by atoms with Crippen molar-refractivity contribution in [1.29, 1.82) is 0 Å². The highest BCUT2D eigenvalue weighted by molar-refractivity contribution is 9.10. The van der Waals surface area contributed by atoms with Crippen LogP contribution in [0.5, 0.6) is 5.75 Å². The molecule has 0 spiro atoms. The molecule has 0 aliphatic carbocycles. The van der Waals surface area contributed by atoms with E-state index in [1.54, 1.807) is 0 Å². The van der Waals surface area contributed by atoms with Gasteiger partial charge in [0.1, 0.15) is 12.4 Å². The summed E-state index contributed by atoms with van der Waals surface area (Å²) in [5, 5.41) is 8.79. The van der Waals surface area contributed by atoms with Gasteiger partial charge in [0, 0.05) is 0 Å². The van der Waals surface area contributed by atoms with Crippen LogP contribution in [0, 0.1) is 5.82 Å². The Morgan fingerprint density at radius 2 is 1.89 bits per heavy atom. The summed E-state index contributed by atoms with van der Waals surface area (Å²) in [6, 6.07) is 12.0. The predicted octanol–water partition coefficient (Wildman–Crippen LogP) is 3.87. The molecule has 5 heteroatoms. The highest BCUT2D eigenvalue weighted by Crippen LogP contribution is 2.30. The molecular formula is C14H10BrFO3. The molecule has 0 saturated heterocycles. The average molecular weight is 325 g/mol. The Morgan fingerprint density at radius 3 is 2.53 bits per heavy atom. The van der Waals surface area contributed by atoms with Crippen LogP contribution in [-0.4, -0.2) is 11.1 Å². The van der Waals surface area contributed by atoms with Gasteiger partial charge < -0.3 is 9.84 Å². The first-order valence-electron chi connectivity index (χ1n) is 5.47. The van der Waals surface area contributed by atoms with E-state index in [1.165, 1.54) is 12.1 Å². The largest absolute Gasteiger partial charge is 0.488 e. The molecule has 0 fully saturated rings. The van der Waals surface area contributed by atoms with Crippen LogP contribution in [0.3, 0.4) is 0 Å². The van der Waals surface area contributed by atoms with E-state index < -0.39 is 11.8 Å². The standard InChI is InChI=1S/C14H10BrFO3/c15-12-11(7-6-10(13(12)16)14(17)18)19-8-9-4-2-1-3-5-9/h1-7H,8H2,(H,17,18). The van der Waals surface area contributed by atoms with Crippen molar-refractivity contribution in [1.82, 2.24) is 0 Å². The first kappa shape index (κ1) is 13.5. The molecule has 0 aromatic heterocycles. The van der Waals surface area contributed by atoms with Gasteiger partial charge in [-0.15, -0.1) is 0 Å². The van der Waals surface area contributed by atoms with Crippen molar-refractivity contribution in [3.63, 3.8) is 0 Å². The van der Waals surface area contributed by atoms with Crippen molar-refractivity contribution in [3.8, 4) is 5.75 Å². The van der Waals surface area contributed by atoms with E-state index >= 15 is 0 Å². The normalized spacial score (nSPS) is 10.2. The number of benzene rings is 2. The van der Waals surface area contributed by atoms with Gasteiger partial charge in [0.25, 0.3) is 0 Å². The van der Waals surface area contributed by atoms with Crippen LogP contribution < -0.4 is 4.74 Å². The van der Waals surface area contributed by atoms with Crippen LogP contribution in [-0.2, 0) is 6.61 Å². The average Bonchev–Trinajstić information content (AvgIpc) is 2.41. The quantitative estimate of drug-likeness (QED) is 0.928. The molecule has 0 radical (unpaired) electrons. The second-order valence-electron chi connectivity index (χ2n) is 3.82. The molecule has 19 heavy (non-hydrogen) atoms. The maximum absolute atomic E-state index is 13.7. The molecule has 2 rings (SSSR count). The molecule has 0 aliphatic rings. The van der Waals surface area contributed by atoms with E-state index in [2.05, 4.69) is 15.9 Å². The minimum Gasteiger partial charge on any atom is -0.488 e. The van der Waals surface area contributed by atoms with Gasteiger partial charge in [-0.1, -0.05) is 30.3 Å². The number of rotatable bonds is 4. The van der Waals surface area contributed by atoms with E-state index in [0.717, 1.165) is 5.56 Å². The first-order chi connectivity index (χ1) is 9.09. The van der Waals surface area contributed by atoms with Crippen LogP contribution in [0.25, 0.3) is 0 Å². The topological polar surface area (TPSA) is 46.5 Å². The minimum atomic E-state index is -1.31. The zero-order valence-electron chi connectivity index (χ0n) is 9.77. The lowest BCUT2D eigenvalue weighted by molar-refractivity contribution is 0.0691. The Balaban J connectivity index is 2.18. The molecule has 0 atom stereocenters. The Labute approximate surface area is 117 Å². The maximum atomic E-state index is 13.7. The number of aromatic carboxylic acids is 1. The molecule has 0 aliphatic heterocycles. The summed E-state index contributed by atoms with van der Waals surface area (Å²) in [6.07, 6.45) is 0. The van der Waals surface area contributed by atoms with Gasteiger partial charge in [0.05, 0.1) is 10.0 Å². The SMILES string of the molecule is O=C(O)c1ccc(OCc2ccccc2)c(Br)c1F. The maximum Gasteiger partial charge on any atom is 0.338 e. The van der Waals surface area contributed by atoms with Crippen molar-refractivity contribution in [2.24, 2.45) is 0 Å². The molecule has 2 aromatic rings. The summed E-state index contributed by atoms with van der Waals surface area (Å²) in [5.74, 6) is -1.88. The van der Waals surface area contributed by atoms with Gasteiger partial charge in [-0.2, -0.15) is 0 Å². The molecule has 0 bridgehead atoms. The number of carbonyl (C=O) groups is 1. The Morgan fingerprint density at radius 1 is 1.21 bits per heavy atom. The second-order valence-corrected chi connectivity index (χ2v) is 4.61. The third-order valence-corrected chi connectivity index (χ3v) is 3.25. The fraction of sp³-hybridized carbons (Fsp3) is 0.0714. The van der Waals surface area contributed by atoms with Crippen LogP contribution >= 0.6 is 15.9 Å². The van der Waals surface area contributed by atoms with E-state index in [0.29, 0.717) is 0 Å². The summed E-state index contributed by atoms with van der Waals surface area (Å²) in [5.41, 5.74) is 0.552. The van der Waals surface area contributed by atoms with Gasteiger partial charge in [-0.05, 0) is 33.6 Å². The Hall–Kier alpha value is -1.88. The number of hydrogen-bond donors (Lipinski definition) is 1. The third kappa shape index (κ3) is 3.12. The molecule has 1 N–H and O–H groups in total. The zero-order valence-corrected chi connectivity index (χ0v) is 11.4. The van der Waals surface area contributed by atoms with E-state index in [9.17, 15) is 9.18 Å². The summed E-state index contributed by atoms with van der Waals surface area (Å²) >= 11 is 3.01. The first-order valence-corrected chi connectivity index (χ1v) is 6.27. The summed E-state index contributed by atoms with van der Waals surface area (Å²) in [7, 11) is 0. The molecular weight excluding hydrogens is 315 g/mol. The Kier molecular flexibility index (Phi) is 4.16. The number of halogens is 2. The fourth-order valence-electron chi connectivity index (χ4n) is 1.54. The van der Waals surface area contributed by atoms with E-state index in [-0.39, 0.29) is 22.4 Å². The summed E-state index contributed by atoms with van der Waals surface area (Å²) < 4.78 is 19.2. The molecule has 0 amide bonds. The van der Waals surface area contributed by atoms with Crippen LogP contribution in [0.1, 0.15) is 15.9 Å². The lowest BCUT2D eigenvalue weighted by Gasteiger charge is -2.10. The van der Waals surface area contributed by atoms with Crippen molar-refractivity contribution < 1.29 is 19.0 Å². The van der Waals surface area contributed by atoms with Gasteiger partial charge in [-0.25, -0.2) is 9.18 Å². The minimum absolute atomic E-state index is 0.0170. The summed E-state index contributed by atoms with van der Waals surface area (Å²) in [6.45, 7) is 0.283. The van der Waals surface area contributed by atoms with Crippen LogP contribution in [0.15, 0.2) is 46.9 Å². The second kappa shape index (κ2) is 5.84. The fourth-order valence-corrected chi connectivity index (χ4v) is 2.00. The molecule has 3 nitrogen and oxygen atoms in total. The summed E-state index contributed by atoms with van der Waals surface area (Å²) in [4.78, 5) is 10.8. The molecule has 2 aromatic carbocycles. The van der Waals surface area contributed by atoms with Gasteiger partial charge >= 0.3 is 5.97 Å². The van der Waals surface area contributed by atoms with Gasteiger partial charge in [0.2, 0.25) is 0 Å². The molecule has 0 unspecified atom stereocenters. The number of hydrogen-bond acceptors (Lipinski definition) is 2. The van der Waals surface area contributed by atoms with Crippen LogP contribution in [0.4, 0.5) is 4.39 Å². The smallest absolute Gasteiger partial charge is 0.338 e. The van der Waals surface area contributed by atoms with E-state index in [1.807, 2.05) is 30.3 Å². The van der Waals surface area contributed by atoms with E-state index in [4.69, 9.17) is 9.84 Å². The number of carboxylic acids is 1. The third-order valence-electron chi connectivity index (χ3n) is 2.51. The zero-order chi connectivity index (χ0) is 13.8. The van der Waals surface area contributed by atoms with Crippen molar-refractivity contribution in [2.75, 3.05) is 0 Å². The Bertz CT molecular complexity index is 599. The van der Waals surface area contributed by atoms with Crippen molar-refractivity contribution in [3.05, 3.63) is 63.9 Å². The molecule has 0 saturated carbocycles. The highest BCUT2D eigenvalue weighted by Gasteiger charge is 2.16.